The molecule has 1 saturated heterocycles. The lowest BCUT2D eigenvalue weighted by molar-refractivity contribution is -0.122. The van der Waals surface area contributed by atoms with Gasteiger partial charge in [-0.15, -0.1) is 0 Å². The van der Waals surface area contributed by atoms with Gasteiger partial charge in [0.05, 0.1) is 0 Å². The van der Waals surface area contributed by atoms with Crippen molar-refractivity contribution in [3.05, 3.63) is 0 Å². The molecule has 2 rings (SSSR count). The van der Waals surface area contributed by atoms with Crippen molar-refractivity contribution < 1.29 is 4.79 Å². The molecule has 0 bridgehead atoms. The molecule has 19 heavy (non-hydrogen) atoms. The molecule has 1 amide bonds. The van der Waals surface area contributed by atoms with Gasteiger partial charge < -0.3 is 16.0 Å². The van der Waals surface area contributed by atoms with Crippen LogP contribution in [0.1, 0.15) is 51.4 Å². The number of carbonyl (C=O) groups excluding carboxylic acids is 1. The van der Waals surface area contributed by atoms with E-state index in [2.05, 4.69) is 17.3 Å². The molecule has 1 aliphatic carbocycles. The van der Waals surface area contributed by atoms with E-state index in [9.17, 15) is 4.79 Å². The molecule has 2 aliphatic rings. The number of likely N-dealkylation sites (N-methyl/N-ethyl adjacent to an activating group) is 1. The molecule has 2 fully saturated rings. The normalized spacial score (nSPS) is 33.1. The highest BCUT2D eigenvalue weighted by atomic mass is 16.1. The molecule has 4 nitrogen and oxygen atoms in total. The molecular weight excluding hydrogens is 238 g/mol. The summed E-state index contributed by atoms with van der Waals surface area (Å²) in [6.07, 6.45) is 9.08. The molecule has 1 aliphatic heterocycles. The molecule has 0 aromatic heterocycles. The first-order chi connectivity index (χ1) is 9.16. The van der Waals surface area contributed by atoms with Crippen molar-refractivity contribution in [2.24, 2.45) is 11.7 Å². The van der Waals surface area contributed by atoms with E-state index in [0.717, 1.165) is 25.9 Å². The van der Waals surface area contributed by atoms with Gasteiger partial charge in [0, 0.05) is 25.0 Å². The van der Waals surface area contributed by atoms with Gasteiger partial charge in [-0.1, -0.05) is 19.3 Å². The number of likely N-dealkylation sites (tertiary alicyclic amines) is 1. The molecule has 0 radical (unpaired) electrons. The fraction of sp³-hybridized carbons (Fsp3) is 0.933. The zero-order chi connectivity index (χ0) is 13.7. The molecular formula is C15H29N3O. The molecule has 4 heteroatoms. The summed E-state index contributed by atoms with van der Waals surface area (Å²) in [4.78, 5) is 14.4. The lowest BCUT2D eigenvalue weighted by Crippen LogP contribution is -2.45. The summed E-state index contributed by atoms with van der Waals surface area (Å²) in [5.41, 5.74) is 6.10. The second-order valence-electron chi connectivity index (χ2n) is 6.35. The third-order valence-electron chi connectivity index (χ3n) is 4.87. The summed E-state index contributed by atoms with van der Waals surface area (Å²) in [7, 11) is 2.16. The Hall–Kier alpha value is -0.610. The molecule has 0 spiro atoms. The van der Waals surface area contributed by atoms with Crippen LogP contribution in [0.4, 0.5) is 0 Å². The highest BCUT2D eigenvalue weighted by Gasteiger charge is 2.25. The van der Waals surface area contributed by atoms with Gasteiger partial charge in [-0.05, 0) is 45.2 Å². The Morgan fingerprint density at radius 2 is 1.95 bits per heavy atom. The Morgan fingerprint density at radius 3 is 2.68 bits per heavy atom. The van der Waals surface area contributed by atoms with Gasteiger partial charge in [0.2, 0.25) is 5.91 Å². The lowest BCUT2D eigenvalue weighted by atomic mass is 9.83. The van der Waals surface area contributed by atoms with E-state index in [0.29, 0.717) is 18.4 Å². The Balaban J connectivity index is 1.69. The Morgan fingerprint density at radius 1 is 1.21 bits per heavy atom. The highest BCUT2D eigenvalue weighted by molar-refractivity contribution is 5.76. The number of nitrogens with two attached hydrogens (primary N) is 1. The van der Waals surface area contributed by atoms with Crippen LogP contribution < -0.4 is 11.1 Å². The fourth-order valence-corrected chi connectivity index (χ4v) is 3.43. The van der Waals surface area contributed by atoms with Gasteiger partial charge in [0.1, 0.15) is 0 Å². The average Bonchev–Trinajstić information content (AvgIpc) is 2.40. The van der Waals surface area contributed by atoms with E-state index in [1.807, 2.05) is 0 Å². The quantitative estimate of drug-likeness (QED) is 0.811. The maximum Gasteiger partial charge on any atom is 0.220 e. The second-order valence-corrected chi connectivity index (χ2v) is 6.35. The van der Waals surface area contributed by atoms with Crippen LogP contribution in [0.2, 0.25) is 0 Å². The topological polar surface area (TPSA) is 58.4 Å². The van der Waals surface area contributed by atoms with Crippen molar-refractivity contribution in [1.82, 2.24) is 10.2 Å². The Bertz CT molecular complexity index is 295. The van der Waals surface area contributed by atoms with Crippen LogP contribution in [-0.2, 0) is 4.79 Å². The number of nitrogens with zero attached hydrogens (tertiary/aromatic N) is 1. The third kappa shape index (κ3) is 4.46. The third-order valence-corrected chi connectivity index (χ3v) is 4.87. The molecule has 110 valence electrons. The SMILES string of the molecule is CN1CCCCC1CNC(=O)CC1CCCCC1N. The Kier molecular flexibility index (Phi) is 5.64. The van der Waals surface area contributed by atoms with Crippen molar-refractivity contribution in [2.45, 2.75) is 63.5 Å². The molecule has 3 atom stereocenters. The molecule has 3 N–H and O–H groups in total. The zero-order valence-electron chi connectivity index (χ0n) is 12.2. The van der Waals surface area contributed by atoms with E-state index in [1.165, 1.54) is 32.1 Å². The van der Waals surface area contributed by atoms with Crippen LogP contribution in [0, 0.1) is 5.92 Å². The van der Waals surface area contributed by atoms with E-state index in [4.69, 9.17) is 5.73 Å². The van der Waals surface area contributed by atoms with E-state index < -0.39 is 0 Å². The number of piperidine rings is 1. The van der Waals surface area contributed by atoms with Crippen LogP contribution in [0.5, 0.6) is 0 Å². The minimum atomic E-state index is 0.196. The summed E-state index contributed by atoms with van der Waals surface area (Å²) >= 11 is 0. The van der Waals surface area contributed by atoms with Gasteiger partial charge >= 0.3 is 0 Å². The van der Waals surface area contributed by atoms with Crippen molar-refractivity contribution in [3.63, 3.8) is 0 Å². The largest absolute Gasteiger partial charge is 0.355 e. The zero-order valence-corrected chi connectivity index (χ0v) is 12.2. The number of rotatable bonds is 4. The van der Waals surface area contributed by atoms with E-state index >= 15 is 0 Å². The van der Waals surface area contributed by atoms with E-state index in [1.54, 1.807) is 0 Å². The minimum absolute atomic E-state index is 0.196. The first-order valence-corrected chi connectivity index (χ1v) is 7.89. The monoisotopic (exact) mass is 267 g/mol. The van der Waals surface area contributed by atoms with Crippen molar-refractivity contribution in [2.75, 3.05) is 20.1 Å². The predicted octanol–water partition coefficient (Wildman–Crippen LogP) is 1.49. The van der Waals surface area contributed by atoms with Crippen LogP contribution in [-0.4, -0.2) is 43.0 Å². The highest BCUT2D eigenvalue weighted by Crippen LogP contribution is 2.25. The van der Waals surface area contributed by atoms with Gasteiger partial charge in [-0.3, -0.25) is 4.79 Å². The maximum atomic E-state index is 12.0. The molecule has 3 unspecified atom stereocenters. The summed E-state index contributed by atoms with van der Waals surface area (Å²) < 4.78 is 0. The maximum absolute atomic E-state index is 12.0. The van der Waals surface area contributed by atoms with Gasteiger partial charge in [0.25, 0.3) is 0 Å². The standard InChI is InChI=1S/C15H29N3O/c1-18-9-5-4-7-13(18)11-17-15(19)10-12-6-2-3-8-14(12)16/h12-14H,2-11,16H2,1H3,(H,17,19). The van der Waals surface area contributed by atoms with E-state index in [-0.39, 0.29) is 11.9 Å². The fourth-order valence-electron chi connectivity index (χ4n) is 3.43. The number of amides is 1. The molecule has 0 aromatic carbocycles. The molecule has 1 heterocycles. The number of carbonyl (C=O) groups is 1. The summed E-state index contributed by atoms with van der Waals surface area (Å²) in [6, 6.07) is 0.759. The van der Waals surface area contributed by atoms with Gasteiger partial charge in [-0.25, -0.2) is 0 Å². The van der Waals surface area contributed by atoms with Crippen LogP contribution >= 0.6 is 0 Å². The Labute approximate surface area is 117 Å². The first-order valence-electron chi connectivity index (χ1n) is 7.89. The smallest absolute Gasteiger partial charge is 0.220 e. The van der Waals surface area contributed by atoms with Crippen molar-refractivity contribution in [3.8, 4) is 0 Å². The molecule has 0 aromatic rings. The van der Waals surface area contributed by atoms with Crippen LogP contribution in [0.15, 0.2) is 0 Å². The predicted molar refractivity (Wildman–Crippen MR) is 77.8 cm³/mol. The number of nitrogens with one attached hydrogen (secondary N) is 1. The summed E-state index contributed by atoms with van der Waals surface area (Å²) in [5.74, 6) is 0.596. The first kappa shape index (κ1) is 14.8. The van der Waals surface area contributed by atoms with Crippen LogP contribution in [0.25, 0.3) is 0 Å². The minimum Gasteiger partial charge on any atom is -0.355 e. The number of hydrogen-bond acceptors (Lipinski definition) is 3. The van der Waals surface area contributed by atoms with Gasteiger partial charge in [0.15, 0.2) is 0 Å². The van der Waals surface area contributed by atoms with Crippen LogP contribution in [0.3, 0.4) is 0 Å². The van der Waals surface area contributed by atoms with Crippen molar-refractivity contribution >= 4 is 5.91 Å². The number of hydrogen-bond donors (Lipinski definition) is 2. The molecule has 1 saturated carbocycles. The summed E-state index contributed by atoms with van der Waals surface area (Å²) in [6.45, 7) is 1.96. The summed E-state index contributed by atoms with van der Waals surface area (Å²) in [5, 5.41) is 3.11. The van der Waals surface area contributed by atoms with Gasteiger partial charge in [-0.2, -0.15) is 0 Å². The van der Waals surface area contributed by atoms with Crippen molar-refractivity contribution in [1.29, 1.82) is 0 Å². The lowest BCUT2D eigenvalue weighted by Gasteiger charge is -2.33. The average molecular weight is 267 g/mol. The second kappa shape index (κ2) is 7.25.